The predicted octanol–water partition coefficient (Wildman–Crippen LogP) is 2.59. The molecule has 0 saturated carbocycles. The Kier molecular flexibility index (Phi) is 4.62. The van der Waals surface area contributed by atoms with Crippen molar-refractivity contribution in [1.82, 2.24) is 9.80 Å². The van der Waals surface area contributed by atoms with Gasteiger partial charge in [0, 0.05) is 58.3 Å². The van der Waals surface area contributed by atoms with E-state index >= 15 is 0 Å². The number of hydrogen-bond acceptors (Lipinski definition) is 3. The zero-order valence-electron chi connectivity index (χ0n) is 14.7. The van der Waals surface area contributed by atoms with Gasteiger partial charge in [-0.2, -0.15) is 0 Å². The van der Waals surface area contributed by atoms with Crippen LogP contribution in [0.2, 0.25) is 0 Å². The van der Waals surface area contributed by atoms with Gasteiger partial charge in [-0.05, 0) is 43.5 Å². The van der Waals surface area contributed by atoms with E-state index in [0.717, 1.165) is 39.1 Å². The summed E-state index contributed by atoms with van der Waals surface area (Å²) in [6.07, 6.45) is 3.66. The fourth-order valence-corrected chi connectivity index (χ4v) is 4.13. The monoisotopic (exact) mass is 315 g/mol. The van der Waals surface area contributed by atoms with Crippen molar-refractivity contribution in [2.45, 2.75) is 32.7 Å². The molecule has 2 saturated heterocycles. The van der Waals surface area contributed by atoms with E-state index in [-0.39, 0.29) is 5.91 Å². The number of hydrogen-bond donors (Lipinski definition) is 0. The molecule has 1 aromatic carbocycles. The highest BCUT2D eigenvalue weighted by molar-refractivity contribution is 5.73. The Bertz CT molecular complexity index is 554. The Morgan fingerprint density at radius 3 is 2.52 bits per heavy atom. The molecule has 0 unspecified atom stereocenters. The lowest BCUT2D eigenvalue weighted by molar-refractivity contribution is -0.132. The van der Waals surface area contributed by atoms with Crippen LogP contribution in [-0.2, 0) is 11.3 Å². The van der Waals surface area contributed by atoms with E-state index in [0.29, 0.717) is 5.41 Å². The van der Waals surface area contributed by atoms with Crippen molar-refractivity contribution in [3.63, 3.8) is 0 Å². The van der Waals surface area contributed by atoms with Crippen LogP contribution >= 0.6 is 0 Å². The molecular formula is C19H29N3O. The van der Waals surface area contributed by atoms with Crippen molar-refractivity contribution in [1.29, 1.82) is 0 Å². The van der Waals surface area contributed by atoms with Gasteiger partial charge in [0.2, 0.25) is 5.91 Å². The van der Waals surface area contributed by atoms with Gasteiger partial charge >= 0.3 is 0 Å². The molecule has 1 atom stereocenters. The number of carbonyl (C=O) groups excluding carboxylic acids is 1. The zero-order valence-corrected chi connectivity index (χ0v) is 14.7. The van der Waals surface area contributed by atoms with Crippen LogP contribution in [0.3, 0.4) is 0 Å². The van der Waals surface area contributed by atoms with Crippen LogP contribution in [0.1, 0.15) is 31.7 Å². The minimum Gasteiger partial charge on any atom is -0.378 e. The molecule has 2 aliphatic rings. The Balaban J connectivity index is 1.60. The summed E-state index contributed by atoms with van der Waals surface area (Å²) in [6, 6.07) is 8.87. The number of benzene rings is 1. The number of amides is 1. The van der Waals surface area contributed by atoms with Gasteiger partial charge in [0.05, 0.1) is 0 Å². The SMILES string of the molecule is CC(=O)N1CCC[C@]2(CCN(Cc3ccc(N(C)C)cc3)C2)C1. The second-order valence-electron chi connectivity index (χ2n) is 7.57. The zero-order chi connectivity index (χ0) is 16.4. The predicted molar refractivity (Wildman–Crippen MR) is 94.6 cm³/mol. The van der Waals surface area contributed by atoms with Crippen molar-refractivity contribution in [2.24, 2.45) is 5.41 Å². The first-order valence-electron chi connectivity index (χ1n) is 8.72. The van der Waals surface area contributed by atoms with Gasteiger partial charge in [0.15, 0.2) is 0 Å². The number of anilines is 1. The van der Waals surface area contributed by atoms with Crippen LogP contribution in [0.4, 0.5) is 5.69 Å². The quantitative estimate of drug-likeness (QED) is 0.858. The molecule has 2 fully saturated rings. The number of rotatable bonds is 3. The fourth-order valence-electron chi connectivity index (χ4n) is 4.13. The third kappa shape index (κ3) is 3.69. The summed E-state index contributed by atoms with van der Waals surface area (Å²) in [7, 11) is 4.15. The normalized spacial score (nSPS) is 25.1. The maximum absolute atomic E-state index is 11.7. The molecule has 1 aromatic rings. The highest BCUT2D eigenvalue weighted by Gasteiger charge is 2.41. The first-order valence-corrected chi connectivity index (χ1v) is 8.72. The lowest BCUT2D eigenvalue weighted by atomic mass is 9.79. The Labute approximate surface area is 140 Å². The molecule has 0 aromatic heterocycles. The van der Waals surface area contributed by atoms with E-state index in [2.05, 4.69) is 53.1 Å². The Morgan fingerprint density at radius 2 is 1.87 bits per heavy atom. The number of carbonyl (C=O) groups is 1. The number of piperidine rings is 1. The maximum Gasteiger partial charge on any atom is 0.219 e. The number of nitrogens with zero attached hydrogens (tertiary/aromatic N) is 3. The summed E-state index contributed by atoms with van der Waals surface area (Å²) in [5.74, 6) is 0.238. The van der Waals surface area contributed by atoms with E-state index < -0.39 is 0 Å². The summed E-state index contributed by atoms with van der Waals surface area (Å²) >= 11 is 0. The molecule has 1 spiro atoms. The Hall–Kier alpha value is -1.55. The van der Waals surface area contributed by atoms with Crippen molar-refractivity contribution in [3.05, 3.63) is 29.8 Å². The first kappa shape index (κ1) is 16.3. The van der Waals surface area contributed by atoms with Crippen molar-refractivity contribution in [3.8, 4) is 0 Å². The lowest BCUT2D eigenvalue weighted by Gasteiger charge is -2.40. The average molecular weight is 315 g/mol. The smallest absolute Gasteiger partial charge is 0.219 e. The molecule has 2 aliphatic heterocycles. The molecule has 4 heteroatoms. The van der Waals surface area contributed by atoms with Crippen LogP contribution in [0.15, 0.2) is 24.3 Å². The topological polar surface area (TPSA) is 26.8 Å². The lowest BCUT2D eigenvalue weighted by Crippen LogP contribution is -2.46. The van der Waals surface area contributed by atoms with Crippen LogP contribution in [-0.4, -0.2) is 56.0 Å². The second-order valence-corrected chi connectivity index (χ2v) is 7.57. The standard InChI is InChI=1S/C19H29N3O/c1-16(23)22-11-4-9-19(15-22)10-12-21(14-19)13-17-5-7-18(8-6-17)20(2)3/h5-8H,4,9-15H2,1-3H3/t19-/m1/s1. The van der Waals surface area contributed by atoms with Gasteiger partial charge in [-0.3, -0.25) is 9.69 Å². The maximum atomic E-state index is 11.7. The van der Waals surface area contributed by atoms with E-state index in [4.69, 9.17) is 0 Å². The molecule has 23 heavy (non-hydrogen) atoms. The molecule has 4 nitrogen and oxygen atoms in total. The van der Waals surface area contributed by atoms with Crippen molar-refractivity contribution in [2.75, 3.05) is 45.2 Å². The van der Waals surface area contributed by atoms with Gasteiger partial charge < -0.3 is 9.80 Å². The molecule has 0 aliphatic carbocycles. The van der Waals surface area contributed by atoms with E-state index in [1.54, 1.807) is 6.92 Å². The van der Waals surface area contributed by atoms with E-state index in [1.165, 1.54) is 24.1 Å². The summed E-state index contributed by atoms with van der Waals surface area (Å²) in [4.78, 5) is 18.5. The summed E-state index contributed by atoms with van der Waals surface area (Å²) < 4.78 is 0. The van der Waals surface area contributed by atoms with Gasteiger partial charge in [0.1, 0.15) is 0 Å². The largest absolute Gasteiger partial charge is 0.378 e. The van der Waals surface area contributed by atoms with Gasteiger partial charge in [0.25, 0.3) is 0 Å². The summed E-state index contributed by atoms with van der Waals surface area (Å²) in [5.41, 5.74) is 2.97. The van der Waals surface area contributed by atoms with Crippen LogP contribution in [0, 0.1) is 5.41 Å². The van der Waals surface area contributed by atoms with Crippen LogP contribution in [0.25, 0.3) is 0 Å². The number of likely N-dealkylation sites (tertiary alicyclic amines) is 2. The molecular weight excluding hydrogens is 286 g/mol. The third-order valence-electron chi connectivity index (χ3n) is 5.48. The highest BCUT2D eigenvalue weighted by atomic mass is 16.2. The molecule has 0 radical (unpaired) electrons. The van der Waals surface area contributed by atoms with Crippen molar-refractivity contribution >= 4 is 11.6 Å². The summed E-state index contributed by atoms with van der Waals surface area (Å²) in [6.45, 7) is 6.92. The fraction of sp³-hybridized carbons (Fsp3) is 0.632. The molecule has 126 valence electrons. The molecule has 1 amide bonds. The molecule has 3 rings (SSSR count). The second kappa shape index (κ2) is 6.52. The van der Waals surface area contributed by atoms with Gasteiger partial charge in [-0.25, -0.2) is 0 Å². The van der Waals surface area contributed by atoms with Gasteiger partial charge in [-0.15, -0.1) is 0 Å². The third-order valence-corrected chi connectivity index (χ3v) is 5.48. The summed E-state index contributed by atoms with van der Waals surface area (Å²) in [5, 5.41) is 0. The highest BCUT2D eigenvalue weighted by Crippen LogP contribution is 2.39. The van der Waals surface area contributed by atoms with Crippen molar-refractivity contribution < 1.29 is 4.79 Å². The Morgan fingerprint density at radius 1 is 1.13 bits per heavy atom. The van der Waals surface area contributed by atoms with E-state index in [9.17, 15) is 4.79 Å². The van der Waals surface area contributed by atoms with Gasteiger partial charge in [-0.1, -0.05) is 12.1 Å². The first-order chi connectivity index (χ1) is 11.0. The minimum absolute atomic E-state index is 0.238. The van der Waals surface area contributed by atoms with Crippen LogP contribution in [0.5, 0.6) is 0 Å². The van der Waals surface area contributed by atoms with E-state index in [1.807, 2.05) is 0 Å². The van der Waals surface area contributed by atoms with Crippen LogP contribution < -0.4 is 4.90 Å². The molecule has 0 bridgehead atoms. The average Bonchev–Trinajstić information content (AvgIpc) is 2.90. The molecule has 2 heterocycles. The minimum atomic E-state index is 0.238. The molecule has 0 N–H and O–H groups in total.